The van der Waals surface area contributed by atoms with E-state index in [2.05, 4.69) is 31.9 Å². The second-order valence-corrected chi connectivity index (χ2v) is 6.39. The number of benzene rings is 1. The fourth-order valence-electron chi connectivity index (χ4n) is 1.85. The van der Waals surface area contributed by atoms with Crippen molar-refractivity contribution in [3.05, 3.63) is 32.2 Å². The number of aliphatic carboxylic acids is 1. The molecule has 8 nitrogen and oxygen atoms in total. The van der Waals surface area contributed by atoms with Gasteiger partial charge in [-0.25, -0.2) is 9.59 Å². The number of amides is 4. The van der Waals surface area contributed by atoms with E-state index in [1.807, 2.05) is 5.32 Å². The maximum atomic E-state index is 12.0. The fourth-order valence-corrected chi connectivity index (χ4v) is 3.30. The molecule has 0 atom stereocenters. The highest BCUT2D eigenvalue weighted by atomic mass is 79.9. The molecule has 1 heterocycles. The molecule has 0 spiro atoms. The van der Waals surface area contributed by atoms with Gasteiger partial charge in [0.25, 0.3) is 11.8 Å². The first-order valence-electron chi connectivity index (χ1n) is 6.39. The van der Waals surface area contributed by atoms with Crippen molar-refractivity contribution in [3.63, 3.8) is 0 Å². The number of carboxylic acid groups (broad SMARTS) is 1. The van der Waals surface area contributed by atoms with E-state index in [0.717, 1.165) is 4.90 Å². The van der Waals surface area contributed by atoms with E-state index in [1.165, 1.54) is 13.1 Å². The molecule has 1 aliphatic rings. The molecule has 2 N–H and O–H groups in total. The molecule has 2 rings (SSSR count). The van der Waals surface area contributed by atoms with Crippen molar-refractivity contribution in [3.8, 4) is 5.75 Å². The van der Waals surface area contributed by atoms with E-state index in [0.29, 0.717) is 14.5 Å². The second-order valence-electron chi connectivity index (χ2n) is 4.68. The maximum Gasteiger partial charge on any atom is 0.341 e. The SMILES string of the molecule is CN1C(=O)NC(=O)C(=Cc2cc(Br)c(OCC(=O)O)c(Br)c2)C1=O. The number of ether oxygens (including phenoxy) is 1. The number of likely N-dealkylation sites (N-methyl/N-ethyl adjacent to an activating group) is 1. The highest BCUT2D eigenvalue weighted by Crippen LogP contribution is 2.35. The third-order valence-electron chi connectivity index (χ3n) is 2.98. The van der Waals surface area contributed by atoms with Crippen LogP contribution in [0.2, 0.25) is 0 Å². The van der Waals surface area contributed by atoms with Crippen LogP contribution in [0.1, 0.15) is 5.56 Å². The third-order valence-corrected chi connectivity index (χ3v) is 4.15. The Morgan fingerprint density at radius 2 is 1.88 bits per heavy atom. The second kappa shape index (κ2) is 7.14. The summed E-state index contributed by atoms with van der Waals surface area (Å²) in [5.74, 6) is -2.37. The number of hydrogen-bond acceptors (Lipinski definition) is 5. The standard InChI is InChI=1S/C14H10Br2N2O6/c1-18-13(22)7(12(21)17-14(18)23)2-6-3-8(15)11(9(16)4-6)24-5-10(19)20/h2-4H,5H2,1H3,(H,19,20)(H,17,21,23). The molecule has 1 aliphatic heterocycles. The summed E-state index contributed by atoms with van der Waals surface area (Å²) in [7, 11) is 1.26. The molecule has 1 saturated heterocycles. The van der Waals surface area contributed by atoms with E-state index in [9.17, 15) is 19.2 Å². The summed E-state index contributed by atoms with van der Waals surface area (Å²) >= 11 is 6.47. The Kier molecular flexibility index (Phi) is 5.40. The zero-order valence-corrected chi connectivity index (χ0v) is 15.3. The number of rotatable bonds is 4. The van der Waals surface area contributed by atoms with Gasteiger partial charge in [-0.15, -0.1) is 0 Å². The molecular weight excluding hydrogens is 452 g/mol. The zero-order valence-electron chi connectivity index (χ0n) is 12.1. The number of nitrogens with one attached hydrogen (secondary N) is 1. The number of halogens is 2. The van der Waals surface area contributed by atoms with Crippen molar-refractivity contribution in [2.24, 2.45) is 0 Å². The average Bonchev–Trinajstić information content (AvgIpc) is 2.48. The molecular formula is C14H10Br2N2O6. The monoisotopic (exact) mass is 460 g/mol. The lowest BCUT2D eigenvalue weighted by molar-refractivity contribution is -0.139. The van der Waals surface area contributed by atoms with Crippen LogP contribution >= 0.6 is 31.9 Å². The summed E-state index contributed by atoms with van der Waals surface area (Å²) in [5, 5.41) is 10.7. The van der Waals surface area contributed by atoms with Gasteiger partial charge in [-0.05, 0) is 55.6 Å². The molecule has 10 heteroatoms. The third kappa shape index (κ3) is 3.82. The molecule has 1 aromatic rings. The van der Waals surface area contributed by atoms with Gasteiger partial charge in [0.15, 0.2) is 6.61 Å². The number of barbiturate groups is 1. The van der Waals surface area contributed by atoms with Crippen LogP contribution in [0.25, 0.3) is 6.08 Å². The van der Waals surface area contributed by atoms with Gasteiger partial charge in [0.1, 0.15) is 11.3 Å². The predicted octanol–water partition coefficient (Wildman–Crippen LogP) is 1.77. The number of imide groups is 2. The first-order valence-corrected chi connectivity index (χ1v) is 7.98. The summed E-state index contributed by atoms with van der Waals surface area (Å²) < 4.78 is 5.99. The number of nitrogens with zero attached hydrogens (tertiary/aromatic N) is 1. The van der Waals surface area contributed by atoms with Gasteiger partial charge in [-0.3, -0.25) is 19.8 Å². The number of carbonyl (C=O) groups excluding carboxylic acids is 3. The van der Waals surface area contributed by atoms with Crippen LogP contribution in [-0.4, -0.2) is 47.5 Å². The maximum absolute atomic E-state index is 12.0. The van der Waals surface area contributed by atoms with Crippen LogP contribution in [0.3, 0.4) is 0 Å². The van der Waals surface area contributed by atoms with E-state index in [1.54, 1.807) is 12.1 Å². The van der Waals surface area contributed by atoms with Gasteiger partial charge < -0.3 is 9.84 Å². The minimum Gasteiger partial charge on any atom is -0.480 e. The summed E-state index contributed by atoms with van der Waals surface area (Å²) in [6.07, 6.45) is 1.32. The summed E-state index contributed by atoms with van der Waals surface area (Å²) in [5.41, 5.74) is 0.271. The van der Waals surface area contributed by atoms with Crippen LogP contribution in [0.4, 0.5) is 4.79 Å². The molecule has 24 heavy (non-hydrogen) atoms. The van der Waals surface area contributed by atoms with Crippen molar-refractivity contribution in [2.75, 3.05) is 13.7 Å². The highest BCUT2D eigenvalue weighted by Gasteiger charge is 2.33. The van der Waals surface area contributed by atoms with E-state index < -0.39 is 30.4 Å². The largest absolute Gasteiger partial charge is 0.480 e. The summed E-state index contributed by atoms with van der Waals surface area (Å²) in [6.45, 7) is -0.522. The number of hydrogen-bond donors (Lipinski definition) is 2. The average molecular weight is 462 g/mol. The zero-order chi connectivity index (χ0) is 18.0. The Hall–Kier alpha value is -2.20. The molecule has 1 fully saturated rings. The van der Waals surface area contributed by atoms with Crippen molar-refractivity contribution in [1.82, 2.24) is 10.2 Å². The van der Waals surface area contributed by atoms with Gasteiger partial charge in [0.05, 0.1) is 8.95 Å². The van der Waals surface area contributed by atoms with Crippen LogP contribution in [0.15, 0.2) is 26.7 Å². The Bertz CT molecular complexity index is 766. The fraction of sp³-hybridized carbons (Fsp3) is 0.143. The minimum atomic E-state index is -1.13. The predicted molar refractivity (Wildman–Crippen MR) is 89.3 cm³/mol. The van der Waals surface area contributed by atoms with E-state index in [4.69, 9.17) is 9.84 Å². The first-order chi connectivity index (χ1) is 11.2. The topological polar surface area (TPSA) is 113 Å². The molecule has 0 radical (unpaired) electrons. The summed E-state index contributed by atoms with van der Waals surface area (Å²) in [4.78, 5) is 46.6. The van der Waals surface area contributed by atoms with Gasteiger partial charge in [-0.2, -0.15) is 0 Å². The molecule has 4 amide bonds. The van der Waals surface area contributed by atoms with Crippen LogP contribution in [0, 0.1) is 0 Å². The van der Waals surface area contributed by atoms with Crippen LogP contribution in [0.5, 0.6) is 5.75 Å². The van der Waals surface area contributed by atoms with Gasteiger partial charge >= 0.3 is 12.0 Å². The van der Waals surface area contributed by atoms with Crippen molar-refractivity contribution in [1.29, 1.82) is 0 Å². The molecule has 0 bridgehead atoms. The first kappa shape index (κ1) is 18.1. The number of carbonyl (C=O) groups is 4. The van der Waals surface area contributed by atoms with Crippen LogP contribution in [-0.2, 0) is 14.4 Å². The molecule has 0 saturated carbocycles. The van der Waals surface area contributed by atoms with Crippen molar-refractivity contribution < 1.29 is 29.0 Å². The Labute approximate surface area is 152 Å². The lowest BCUT2D eigenvalue weighted by Gasteiger charge is -2.22. The highest BCUT2D eigenvalue weighted by molar-refractivity contribution is 9.11. The molecule has 0 aromatic heterocycles. The molecule has 0 unspecified atom stereocenters. The van der Waals surface area contributed by atoms with Crippen LogP contribution < -0.4 is 10.1 Å². The quantitative estimate of drug-likeness (QED) is 0.521. The van der Waals surface area contributed by atoms with Crippen molar-refractivity contribution in [2.45, 2.75) is 0 Å². The summed E-state index contributed by atoms with van der Waals surface area (Å²) in [6, 6.07) is 2.31. The van der Waals surface area contributed by atoms with Gasteiger partial charge in [-0.1, -0.05) is 0 Å². The normalized spacial score (nSPS) is 16.4. The number of urea groups is 1. The lowest BCUT2D eigenvalue weighted by Crippen LogP contribution is -2.52. The van der Waals surface area contributed by atoms with Crippen molar-refractivity contribution >= 4 is 61.8 Å². The van der Waals surface area contributed by atoms with Gasteiger partial charge in [0, 0.05) is 7.05 Å². The molecule has 1 aromatic carbocycles. The molecule has 126 valence electrons. The smallest absolute Gasteiger partial charge is 0.341 e. The Morgan fingerprint density at radius 3 is 2.42 bits per heavy atom. The minimum absolute atomic E-state index is 0.199. The molecule has 0 aliphatic carbocycles. The van der Waals surface area contributed by atoms with E-state index >= 15 is 0 Å². The Morgan fingerprint density at radius 1 is 1.29 bits per heavy atom. The van der Waals surface area contributed by atoms with E-state index in [-0.39, 0.29) is 11.3 Å². The Balaban J connectivity index is 2.36. The number of carboxylic acids is 1. The van der Waals surface area contributed by atoms with Gasteiger partial charge in [0.2, 0.25) is 0 Å². The lowest BCUT2D eigenvalue weighted by atomic mass is 10.1.